The molecule has 4 rings (SSSR count). The molecule has 0 unspecified atom stereocenters. The molecule has 1 fully saturated rings. The van der Waals surface area contributed by atoms with E-state index in [1.54, 1.807) is 18.2 Å². The van der Waals surface area contributed by atoms with Crippen LogP contribution >= 0.6 is 11.8 Å². The highest BCUT2D eigenvalue weighted by Gasteiger charge is 2.27. The number of nitro benzene ring substituents is 1. The van der Waals surface area contributed by atoms with Crippen molar-refractivity contribution in [1.82, 2.24) is 5.32 Å². The Morgan fingerprint density at radius 3 is 2.44 bits per heavy atom. The number of thioether (sulfide) groups is 1. The highest BCUT2D eigenvalue weighted by Crippen LogP contribution is 2.37. The summed E-state index contributed by atoms with van der Waals surface area (Å²) >= 11 is 1.42. The molecule has 3 aromatic carbocycles. The van der Waals surface area contributed by atoms with Crippen LogP contribution in [0.25, 0.3) is 6.08 Å². The number of aryl methyl sites for hydroxylation is 1. The van der Waals surface area contributed by atoms with Gasteiger partial charge >= 0.3 is 0 Å². The Labute approximate surface area is 232 Å². The number of carbonyl (C=O) groups is 1. The van der Waals surface area contributed by atoms with Crippen molar-refractivity contribution in [1.29, 1.82) is 0 Å². The standard InChI is InChI=1S/C30H31N3O5S/c1-4-7-23-16-22(18-27-29(34)32-30(39-27)31-24-12-8-20(5-2)9-13-24)17-26(37-6-3)28(23)38-19-21-10-14-25(15-11-21)33(35)36/h4,8-18,30-31H,1,5-7,19H2,2-3H3,(H,32,34)/b27-18-/t30-/m1/s1. The molecule has 8 nitrogen and oxygen atoms in total. The lowest BCUT2D eigenvalue weighted by Crippen LogP contribution is -2.30. The molecular weight excluding hydrogens is 514 g/mol. The molecule has 1 aliphatic heterocycles. The molecule has 1 aliphatic rings. The summed E-state index contributed by atoms with van der Waals surface area (Å²) in [6, 6.07) is 18.2. The smallest absolute Gasteiger partial charge is 0.269 e. The van der Waals surface area contributed by atoms with Gasteiger partial charge in [-0.1, -0.05) is 36.9 Å². The molecule has 1 heterocycles. The lowest BCUT2D eigenvalue weighted by molar-refractivity contribution is -0.384. The van der Waals surface area contributed by atoms with Gasteiger partial charge in [-0.2, -0.15) is 0 Å². The zero-order chi connectivity index (χ0) is 27.8. The van der Waals surface area contributed by atoms with Gasteiger partial charge in [0.15, 0.2) is 17.0 Å². The van der Waals surface area contributed by atoms with Crippen LogP contribution in [-0.2, 0) is 24.2 Å². The van der Waals surface area contributed by atoms with E-state index in [4.69, 9.17) is 9.47 Å². The van der Waals surface area contributed by atoms with Gasteiger partial charge in [0, 0.05) is 23.4 Å². The van der Waals surface area contributed by atoms with Gasteiger partial charge < -0.3 is 20.1 Å². The minimum absolute atomic E-state index is 0.0270. The number of nitrogens with one attached hydrogen (secondary N) is 2. The summed E-state index contributed by atoms with van der Waals surface area (Å²) in [4.78, 5) is 23.8. The summed E-state index contributed by atoms with van der Waals surface area (Å²) in [7, 11) is 0. The van der Waals surface area contributed by atoms with Gasteiger partial charge in [0.2, 0.25) is 0 Å². The first-order chi connectivity index (χ1) is 18.9. The quantitative estimate of drug-likeness (QED) is 0.116. The Morgan fingerprint density at radius 1 is 1.08 bits per heavy atom. The van der Waals surface area contributed by atoms with Crippen molar-refractivity contribution in [2.75, 3.05) is 11.9 Å². The van der Waals surface area contributed by atoms with Gasteiger partial charge in [-0.3, -0.25) is 14.9 Å². The molecule has 0 spiro atoms. The first-order valence-corrected chi connectivity index (χ1v) is 13.6. The summed E-state index contributed by atoms with van der Waals surface area (Å²) in [6.45, 7) is 8.52. The number of benzene rings is 3. The molecule has 0 aromatic heterocycles. The predicted molar refractivity (Wildman–Crippen MR) is 156 cm³/mol. The molecule has 0 radical (unpaired) electrons. The molecular formula is C30H31N3O5S. The fourth-order valence-corrected chi connectivity index (χ4v) is 5.06. The summed E-state index contributed by atoms with van der Waals surface area (Å²) in [6.07, 6.45) is 5.13. The molecule has 3 aromatic rings. The van der Waals surface area contributed by atoms with Crippen molar-refractivity contribution in [2.24, 2.45) is 0 Å². The largest absolute Gasteiger partial charge is 0.490 e. The Kier molecular flexibility index (Phi) is 9.27. The molecule has 0 aliphatic carbocycles. The lowest BCUT2D eigenvalue weighted by Gasteiger charge is -2.17. The molecule has 0 saturated carbocycles. The van der Waals surface area contributed by atoms with Crippen LogP contribution in [0, 0.1) is 10.1 Å². The van der Waals surface area contributed by atoms with Crippen LogP contribution in [0.4, 0.5) is 11.4 Å². The fourth-order valence-electron chi connectivity index (χ4n) is 4.07. The molecule has 39 heavy (non-hydrogen) atoms. The van der Waals surface area contributed by atoms with Crippen molar-refractivity contribution in [3.05, 3.63) is 111 Å². The number of nitrogens with zero attached hydrogens (tertiary/aromatic N) is 1. The molecule has 1 atom stereocenters. The van der Waals surface area contributed by atoms with Crippen molar-refractivity contribution >= 4 is 35.1 Å². The third kappa shape index (κ3) is 7.20. The van der Waals surface area contributed by atoms with E-state index in [2.05, 4.69) is 36.3 Å². The first-order valence-electron chi connectivity index (χ1n) is 12.7. The van der Waals surface area contributed by atoms with Crippen molar-refractivity contribution in [3.63, 3.8) is 0 Å². The van der Waals surface area contributed by atoms with E-state index in [0.29, 0.717) is 29.4 Å². The summed E-state index contributed by atoms with van der Waals surface area (Å²) < 4.78 is 12.1. The second-order valence-electron chi connectivity index (χ2n) is 8.82. The normalized spacial score (nSPS) is 15.6. The van der Waals surface area contributed by atoms with Gasteiger partial charge in [0.05, 0.1) is 16.4 Å². The highest BCUT2D eigenvalue weighted by atomic mass is 32.2. The number of amides is 1. The van der Waals surface area contributed by atoms with Crippen molar-refractivity contribution in [2.45, 2.75) is 38.8 Å². The zero-order valence-corrected chi connectivity index (χ0v) is 22.8. The molecule has 9 heteroatoms. The van der Waals surface area contributed by atoms with E-state index in [1.807, 2.05) is 37.3 Å². The predicted octanol–water partition coefficient (Wildman–Crippen LogP) is 6.46. The topological polar surface area (TPSA) is 103 Å². The average Bonchev–Trinajstić information content (AvgIpc) is 3.27. The van der Waals surface area contributed by atoms with Crippen LogP contribution in [0.5, 0.6) is 11.5 Å². The maximum Gasteiger partial charge on any atom is 0.269 e. The minimum atomic E-state index is -0.432. The first kappa shape index (κ1) is 27.8. The molecule has 0 bridgehead atoms. The Morgan fingerprint density at radius 2 is 1.79 bits per heavy atom. The number of carbonyl (C=O) groups excluding carboxylic acids is 1. The Hall–Kier alpha value is -4.24. The third-order valence-corrected chi connectivity index (χ3v) is 7.07. The number of hydrogen-bond donors (Lipinski definition) is 2. The number of ether oxygens (including phenoxy) is 2. The van der Waals surface area contributed by atoms with Gasteiger partial charge in [-0.05, 0) is 78.9 Å². The van der Waals surface area contributed by atoms with Gasteiger partial charge in [0.1, 0.15) is 6.61 Å². The fraction of sp³-hybridized carbons (Fsp3) is 0.233. The lowest BCUT2D eigenvalue weighted by atomic mass is 10.0. The third-order valence-electron chi connectivity index (χ3n) is 6.04. The maximum absolute atomic E-state index is 12.7. The molecule has 202 valence electrons. The Bertz CT molecular complexity index is 1370. The summed E-state index contributed by atoms with van der Waals surface area (Å²) in [5.41, 5.74) is 4.40. The van der Waals surface area contributed by atoms with Gasteiger partial charge in [-0.15, -0.1) is 6.58 Å². The van der Waals surface area contributed by atoms with E-state index < -0.39 is 4.92 Å². The maximum atomic E-state index is 12.7. The van der Waals surface area contributed by atoms with Crippen LogP contribution in [0.3, 0.4) is 0 Å². The Balaban J connectivity index is 1.54. The SMILES string of the molecule is C=CCc1cc(/C=C2\S[C@H](Nc3ccc(CC)cc3)NC2=O)cc(OCC)c1OCc1ccc([N+](=O)[O-])cc1. The number of nitro groups is 1. The monoisotopic (exact) mass is 545 g/mol. The van der Waals surface area contributed by atoms with Crippen LogP contribution in [0.15, 0.2) is 78.2 Å². The minimum Gasteiger partial charge on any atom is -0.490 e. The van der Waals surface area contributed by atoms with E-state index >= 15 is 0 Å². The number of anilines is 1. The molecule has 1 amide bonds. The van der Waals surface area contributed by atoms with Crippen LogP contribution in [0.2, 0.25) is 0 Å². The second-order valence-corrected chi connectivity index (χ2v) is 9.97. The van der Waals surface area contributed by atoms with E-state index in [1.165, 1.54) is 29.5 Å². The van der Waals surface area contributed by atoms with Gasteiger partial charge in [-0.25, -0.2) is 0 Å². The van der Waals surface area contributed by atoms with Crippen molar-refractivity contribution in [3.8, 4) is 11.5 Å². The van der Waals surface area contributed by atoms with Crippen LogP contribution < -0.4 is 20.1 Å². The summed E-state index contributed by atoms with van der Waals surface area (Å²) in [5, 5.41) is 17.3. The van der Waals surface area contributed by atoms with Gasteiger partial charge in [0.25, 0.3) is 11.6 Å². The number of hydrogen-bond acceptors (Lipinski definition) is 7. The summed E-state index contributed by atoms with van der Waals surface area (Å²) in [5.74, 6) is 0.986. The highest BCUT2D eigenvalue weighted by molar-refractivity contribution is 8.05. The van der Waals surface area contributed by atoms with E-state index in [0.717, 1.165) is 28.8 Å². The number of rotatable bonds is 12. The second kappa shape index (κ2) is 13.0. The molecule has 1 saturated heterocycles. The zero-order valence-electron chi connectivity index (χ0n) is 21.9. The number of allylic oxidation sites excluding steroid dienone is 1. The van der Waals surface area contributed by atoms with Crippen molar-refractivity contribution < 1.29 is 19.2 Å². The molecule has 2 N–H and O–H groups in total. The number of non-ortho nitro benzene ring substituents is 1. The van der Waals surface area contributed by atoms with Crippen LogP contribution in [-0.4, -0.2) is 22.9 Å². The van der Waals surface area contributed by atoms with E-state index in [9.17, 15) is 14.9 Å². The van der Waals surface area contributed by atoms with Crippen LogP contribution in [0.1, 0.15) is 36.1 Å². The average molecular weight is 546 g/mol. The van der Waals surface area contributed by atoms with E-state index in [-0.39, 0.29) is 23.7 Å².